The number of nitrogens with one attached hydrogen (secondary N) is 1. The smallest absolute Gasteiger partial charge is 0.233 e. The van der Waals surface area contributed by atoms with E-state index in [0.717, 1.165) is 39.0 Å². The Morgan fingerprint density at radius 1 is 1.04 bits per heavy atom. The fourth-order valence-corrected chi connectivity index (χ4v) is 4.69. The largest absolute Gasteiger partial charge is 0.338 e. The number of carbonyl (C=O) groups excluding carboxylic acids is 1. The maximum atomic E-state index is 13.3. The number of hydrogen-bond donors (Lipinski definition) is 1. The number of ketones is 1. The van der Waals surface area contributed by atoms with Crippen LogP contribution in [-0.2, 0) is 4.79 Å². The quantitative estimate of drug-likeness (QED) is 0.561. The van der Waals surface area contributed by atoms with Gasteiger partial charge in [-0.3, -0.25) is 4.79 Å². The van der Waals surface area contributed by atoms with Gasteiger partial charge in [0, 0.05) is 28.1 Å². The van der Waals surface area contributed by atoms with E-state index in [1.54, 1.807) is 0 Å². The van der Waals surface area contributed by atoms with Crippen molar-refractivity contribution in [3.63, 3.8) is 0 Å². The van der Waals surface area contributed by atoms with Crippen molar-refractivity contribution in [1.29, 1.82) is 0 Å². The number of nitrogens with zero attached hydrogens (tertiary/aromatic N) is 1. The number of hydrogen-bond acceptors (Lipinski definition) is 4. The van der Waals surface area contributed by atoms with Crippen LogP contribution in [0.1, 0.15) is 47.1 Å². The van der Waals surface area contributed by atoms with Crippen LogP contribution in [0.5, 0.6) is 0 Å². The molecule has 0 saturated carbocycles. The Kier molecular flexibility index (Phi) is 4.20. The first-order chi connectivity index (χ1) is 13.6. The number of rotatable bonds is 2. The van der Waals surface area contributed by atoms with Crippen LogP contribution < -0.4 is 5.32 Å². The standard InChI is InChI=1S/C23H19BrN2O2/c1-13-20-21(15-7-9-17(24)10-8-15)22-18(25-23(20)28-26-13)11-16(12-19(22)27)14-5-3-2-4-6-14/h2-10,16,21,25H,11-12H2,1H3/t16-,21-/m0/s1. The lowest BCUT2D eigenvalue weighted by atomic mass is 9.72. The Bertz CT molecular complexity index is 1080. The van der Waals surface area contributed by atoms with Crippen LogP contribution in [0, 0.1) is 6.92 Å². The van der Waals surface area contributed by atoms with Gasteiger partial charge in [-0.1, -0.05) is 63.6 Å². The van der Waals surface area contributed by atoms with E-state index in [4.69, 9.17) is 4.52 Å². The van der Waals surface area contributed by atoms with E-state index in [1.165, 1.54) is 5.56 Å². The molecule has 0 radical (unpaired) electrons. The normalized spacial score (nSPS) is 21.1. The minimum atomic E-state index is -0.144. The number of anilines is 1. The summed E-state index contributed by atoms with van der Waals surface area (Å²) in [5.74, 6) is 0.887. The van der Waals surface area contributed by atoms with Gasteiger partial charge in [0.15, 0.2) is 5.78 Å². The summed E-state index contributed by atoms with van der Waals surface area (Å²) in [6.07, 6.45) is 1.31. The van der Waals surface area contributed by atoms with Gasteiger partial charge in [0.1, 0.15) is 0 Å². The molecule has 2 atom stereocenters. The molecule has 0 unspecified atom stereocenters. The van der Waals surface area contributed by atoms with Crippen molar-refractivity contribution in [1.82, 2.24) is 5.16 Å². The number of aromatic nitrogens is 1. The van der Waals surface area contributed by atoms with Crippen LogP contribution in [0.3, 0.4) is 0 Å². The predicted molar refractivity (Wildman–Crippen MR) is 111 cm³/mol. The molecule has 28 heavy (non-hydrogen) atoms. The fraction of sp³-hybridized carbons (Fsp3) is 0.217. The van der Waals surface area contributed by atoms with E-state index >= 15 is 0 Å². The molecule has 0 bridgehead atoms. The van der Waals surface area contributed by atoms with Crippen molar-refractivity contribution in [3.8, 4) is 0 Å². The first-order valence-corrected chi connectivity index (χ1v) is 10.2. The molecule has 1 N–H and O–H groups in total. The first-order valence-electron chi connectivity index (χ1n) is 9.41. The molecule has 2 aromatic carbocycles. The third-order valence-electron chi connectivity index (χ3n) is 5.73. The Hall–Kier alpha value is -2.66. The van der Waals surface area contributed by atoms with Gasteiger partial charge in [0.25, 0.3) is 0 Å². The predicted octanol–water partition coefficient (Wildman–Crippen LogP) is 5.70. The first kappa shape index (κ1) is 17.4. The minimum absolute atomic E-state index is 0.144. The number of halogens is 1. The van der Waals surface area contributed by atoms with E-state index < -0.39 is 0 Å². The third kappa shape index (κ3) is 2.81. The second-order valence-corrected chi connectivity index (χ2v) is 8.37. The maximum Gasteiger partial charge on any atom is 0.233 e. The highest BCUT2D eigenvalue weighted by atomic mass is 79.9. The molecule has 4 nitrogen and oxygen atoms in total. The van der Waals surface area contributed by atoms with Crippen molar-refractivity contribution in [2.75, 3.05) is 5.32 Å². The molecule has 1 aromatic heterocycles. The molecular formula is C23H19BrN2O2. The average molecular weight is 435 g/mol. The van der Waals surface area contributed by atoms with Crippen molar-refractivity contribution in [2.24, 2.45) is 0 Å². The van der Waals surface area contributed by atoms with Gasteiger partial charge in [0.2, 0.25) is 5.88 Å². The molecule has 2 aliphatic rings. The van der Waals surface area contributed by atoms with Gasteiger partial charge in [0.05, 0.1) is 11.3 Å². The molecule has 1 aliphatic heterocycles. The number of Topliss-reactive ketones (excluding diaryl/α,β-unsaturated/α-hetero) is 1. The minimum Gasteiger partial charge on any atom is -0.338 e. The number of allylic oxidation sites excluding steroid dienone is 2. The molecule has 0 spiro atoms. The lowest BCUT2D eigenvalue weighted by Gasteiger charge is -2.34. The van der Waals surface area contributed by atoms with E-state index in [1.807, 2.05) is 37.3 Å². The summed E-state index contributed by atoms with van der Waals surface area (Å²) in [4.78, 5) is 13.3. The SMILES string of the molecule is Cc1noc2c1[C@H](c1ccc(Br)cc1)C1=C(C[C@H](c3ccccc3)CC1=O)N2. The summed E-state index contributed by atoms with van der Waals surface area (Å²) >= 11 is 3.50. The van der Waals surface area contributed by atoms with Crippen LogP contribution in [0.25, 0.3) is 0 Å². The summed E-state index contributed by atoms with van der Waals surface area (Å²) in [6, 6.07) is 18.4. The molecular weight excluding hydrogens is 416 g/mol. The molecule has 5 rings (SSSR count). The zero-order valence-electron chi connectivity index (χ0n) is 15.4. The van der Waals surface area contributed by atoms with Gasteiger partial charge in [-0.15, -0.1) is 0 Å². The Morgan fingerprint density at radius 2 is 1.79 bits per heavy atom. The topological polar surface area (TPSA) is 55.1 Å². The van der Waals surface area contributed by atoms with E-state index in [-0.39, 0.29) is 17.6 Å². The van der Waals surface area contributed by atoms with Crippen LogP contribution >= 0.6 is 15.9 Å². The number of carbonyl (C=O) groups is 1. The summed E-state index contributed by atoms with van der Waals surface area (Å²) in [6.45, 7) is 1.93. The number of aryl methyl sites for hydroxylation is 1. The Balaban J connectivity index is 1.63. The lowest BCUT2D eigenvalue weighted by Crippen LogP contribution is -2.29. The highest BCUT2D eigenvalue weighted by Gasteiger charge is 2.41. The molecule has 0 amide bonds. The molecule has 3 aromatic rings. The van der Waals surface area contributed by atoms with Gasteiger partial charge in [-0.05, 0) is 42.5 Å². The van der Waals surface area contributed by atoms with E-state index in [9.17, 15) is 4.79 Å². The molecule has 140 valence electrons. The molecule has 5 heteroatoms. The summed E-state index contributed by atoms with van der Waals surface area (Å²) in [7, 11) is 0. The molecule has 0 fully saturated rings. The van der Waals surface area contributed by atoms with Crippen molar-refractivity contribution < 1.29 is 9.32 Å². The van der Waals surface area contributed by atoms with Gasteiger partial charge in [-0.2, -0.15) is 0 Å². The fourth-order valence-electron chi connectivity index (χ4n) is 4.42. The van der Waals surface area contributed by atoms with Crippen LogP contribution in [0.15, 0.2) is 74.9 Å². The van der Waals surface area contributed by atoms with Gasteiger partial charge >= 0.3 is 0 Å². The summed E-state index contributed by atoms with van der Waals surface area (Å²) in [5, 5.41) is 7.55. The molecule has 0 saturated heterocycles. The van der Waals surface area contributed by atoms with Crippen LogP contribution in [-0.4, -0.2) is 10.9 Å². The second kappa shape index (κ2) is 6.74. The third-order valence-corrected chi connectivity index (χ3v) is 6.26. The van der Waals surface area contributed by atoms with Crippen molar-refractivity contribution in [2.45, 2.75) is 31.6 Å². The zero-order chi connectivity index (χ0) is 19.3. The van der Waals surface area contributed by atoms with Crippen molar-refractivity contribution >= 4 is 27.6 Å². The highest BCUT2D eigenvalue weighted by molar-refractivity contribution is 9.10. The monoisotopic (exact) mass is 434 g/mol. The Morgan fingerprint density at radius 3 is 2.54 bits per heavy atom. The number of fused-ring (bicyclic) bond motifs is 1. The van der Waals surface area contributed by atoms with Crippen molar-refractivity contribution in [3.05, 3.63) is 92.7 Å². The van der Waals surface area contributed by atoms with Gasteiger partial charge < -0.3 is 9.84 Å². The van der Waals surface area contributed by atoms with Crippen LogP contribution in [0.2, 0.25) is 0 Å². The molecule has 2 heterocycles. The van der Waals surface area contributed by atoms with E-state index in [2.05, 4.69) is 50.7 Å². The molecule has 1 aliphatic carbocycles. The summed E-state index contributed by atoms with van der Waals surface area (Å²) in [5.41, 5.74) is 5.88. The maximum absolute atomic E-state index is 13.3. The summed E-state index contributed by atoms with van der Waals surface area (Å²) < 4.78 is 6.59. The average Bonchev–Trinajstić information content (AvgIpc) is 3.08. The van der Waals surface area contributed by atoms with Crippen LogP contribution in [0.4, 0.5) is 5.88 Å². The number of benzene rings is 2. The lowest BCUT2D eigenvalue weighted by molar-refractivity contribution is -0.116. The zero-order valence-corrected chi connectivity index (χ0v) is 17.0. The van der Waals surface area contributed by atoms with Gasteiger partial charge in [-0.25, -0.2) is 0 Å². The highest BCUT2D eigenvalue weighted by Crippen LogP contribution is 2.49. The Labute approximate surface area is 171 Å². The van der Waals surface area contributed by atoms with E-state index in [0.29, 0.717) is 12.3 Å². The second-order valence-electron chi connectivity index (χ2n) is 7.45.